The second kappa shape index (κ2) is 15.3. The Kier molecular flexibility index (Phi) is 14.5. The molecule has 0 saturated heterocycles. The van der Waals surface area contributed by atoms with Gasteiger partial charge in [0.2, 0.25) is 0 Å². The first-order valence-corrected chi connectivity index (χ1v) is 8.86. The highest BCUT2D eigenvalue weighted by atomic mass is 35.5. The lowest BCUT2D eigenvalue weighted by atomic mass is 10.1. The van der Waals surface area contributed by atoms with Crippen molar-refractivity contribution < 1.29 is 14.6 Å². The lowest BCUT2D eigenvalue weighted by Gasteiger charge is -2.08. The average Bonchev–Trinajstić information content (AvgIpc) is 2.55. The van der Waals surface area contributed by atoms with Gasteiger partial charge >= 0.3 is 5.97 Å². The molecular weight excluding hydrogens is 326 g/mol. The Labute approximate surface area is 152 Å². The molecule has 0 heterocycles. The molecule has 0 atom stereocenters. The molecule has 2 N–H and O–H groups in total. The van der Waals surface area contributed by atoms with E-state index in [1.807, 2.05) is 12.1 Å². The maximum absolute atomic E-state index is 10.4. The Balaban J connectivity index is 0.00000529. The van der Waals surface area contributed by atoms with Gasteiger partial charge in [-0.2, -0.15) is 0 Å². The fourth-order valence-corrected chi connectivity index (χ4v) is 2.39. The van der Waals surface area contributed by atoms with E-state index in [9.17, 15) is 4.79 Å². The normalized spacial score (nSPS) is 10.2. The van der Waals surface area contributed by atoms with Crippen LogP contribution in [0, 0.1) is 0 Å². The number of aliphatic carboxylic acids is 1. The maximum Gasteiger partial charge on any atom is 0.304 e. The first kappa shape index (κ1) is 22.7. The van der Waals surface area contributed by atoms with E-state index in [0.717, 1.165) is 38.2 Å². The number of nitrogens with one attached hydrogen (secondary N) is 1. The zero-order chi connectivity index (χ0) is 16.8. The van der Waals surface area contributed by atoms with E-state index in [4.69, 9.17) is 9.84 Å². The number of halogens is 1. The number of ether oxygens (including phenoxy) is 1. The van der Waals surface area contributed by atoms with Crippen molar-refractivity contribution in [2.75, 3.05) is 19.7 Å². The highest BCUT2D eigenvalue weighted by molar-refractivity contribution is 5.85. The largest absolute Gasteiger partial charge is 0.494 e. The van der Waals surface area contributed by atoms with E-state index in [1.165, 1.54) is 31.2 Å². The van der Waals surface area contributed by atoms with Gasteiger partial charge in [-0.3, -0.25) is 4.79 Å². The van der Waals surface area contributed by atoms with Crippen molar-refractivity contribution >= 4 is 18.4 Å². The Morgan fingerprint density at radius 3 is 2.42 bits per heavy atom. The average molecular weight is 358 g/mol. The molecule has 0 aliphatic carbocycles. The summed E-state index contributed by atoms with van der Waals surface area (Å²) in [5.74, 6) is 0.197. The summed E-state index contributed by atoms with van der Waals surface area (Å²) in [5, 5.41) is 11.7. The van der Waals surface area contributed by atoms with Crippen LogP contribution in [-0.4, -0.2) is 30.8 Å². The summed E-state index contributed by atoms with van der Waals surface area (Å²) in [6.45, 7) is 4.42. The Hall–Kier alpha value is -1.26. The number of rotatable bonds is 14. The predicted octanol–water partition coefficient (Wildman–Crippen LogP) is 4.45. The molecule has 1 aromatic carbocycles. The Morgan fingerprint density at radius 2 is 1.75 bits per heavy atom. The summed E-state index contributed by atoms with van der Waals surface area (Å²) in [4.78, 5) is 10.4. The highest BCUT2D eigenvalue weighted by Gasteiger charge is 1.98. The van der Waals surface area contributed by atoms with Gasteiger partial charge in [0.05, 0.1) is 13.0 Å². The molecule has 1 aromatic rings. The van der Waals surface area contributed by atoms with Gasteiger partial charge in [0.1, 0.15) is 5.75 Å². The second-order valence-electron chi connectivity index (χ2n) is 5.90. The molecule has 0 radical (unpaired) electrons. The topological polar surface area (TPSA) is 58.6 Å². The number of hydrogen-bond donors (Lipinski definition) is 2. The van der Waals surface area contributed by atoms with Crippen LogP contribution in [0.15, 0.2) is 24.3 Å². The number of benzene rings is 1. The van der Waals surface area contributed by atoms with Gasteiger partial charge in [0.15, 0.2) is 0 Å². The van der Waals surface area contributed by atoms with Crippen LogP contribution in [0.25, 0.3) is 0 Å². The minimum atomic E-state index is -0.751. The quantitative estimate of drug-likeness (QED) is 0.483. The van der Waals surface area contributed by atoms with Crippen LogP contribution < -0.4 is 10.1 Å². The molecule has 4 nitrogen and oxygen atoms in total. The summed E-state index contributed by atoms with van der Waals surface area (Å²) in [7, 11) is 0. The third-order valence-corrected chi connectivity index (χ3v) is 3.77. The summed E-state index contributed by atoms with van der Waals surface area (Å²) in [6.07, 6.45) is 8.47. The molecule has 0 spiro atoms. The number of carboxylic acid groups (broad SMARTS) is 1. The standard InChI is InChI=1S/C19H31NO3.ClH/c1-2-3-4-5-6-16-23-18-11-9-17(10-12-18)8-7-14-20-15-13-19(21)22;/h9-12,20H,2-8,13-16H2,1H3,(H,21,22);1H. The first-order valence-electron chi connectivity index (χ1n) is 8.86. The van der Waals surface area contributed by atoms with Crippen molar-refractivity contribution in [1.82, 2.24) is 5.32 Å². The second-order valence-corrected chi connectivity index (χ2v) is 5.90. The van der Waals surface area contributed by atoms with Crippen LogP contribution in [0.4, 0.5) is 0 Å². The van der Waals surface area contributed by atoms with Crippen LogP contribution in [0.2, 0.25) is 0 Å². The van der Waals surface area contributed by atoms with E-state index in [-0.39, 0.29) is 18.8 Å². The van der Waals surface area contributed by atoms with Gasteiger partial charge in [-0.15, -0.1) is 12.4 Å². The predicted molar refractivity (Wildman–Crippen MR) is 101 cm³/mol. The smallest absolute Gasteiger partial charge is 0.304 e. The number of unbranched alkanes of at least 4 members (excludes halogenated alkanes) is 4. The Morgan fingerprint density at radius 1 is 1.04 bits per heavy atom. The number of hydrogen-bond acceptors (Lipinski definition) is 3. The zero-order valence-electron chi connectivity index (χ0n) is 14.8. The fourth-order valence-electron chi connectivity index (χ4n) is 2.39. The van der Waals surface area contributed by atoms with Crippen LogP contribution in [-0.2, 0) is 11.2 Å². The minimum absolute atomic E-state index is 0. The molecule has 0 bridgehead atoms. The third-order valence-electron chi connectivity index (χ3n) is 3.77. The molecular formula is C19H32ClNO3. The van der Waals surface area contributed by atoms with Crippen molar-refractivity contribution in [2.24, 2.45) is 0 Å². The molecule has 5 heteroatoms. The summed E-state index contributed by atoms with van der Waals surface area (Å²) < 4.78 is 5.75. The molecule has 0 unspecified atom stereocenters. The molecule has 0 amide bonds. The van der Waals surface area contributed by atoms with Crippen LogP contribution in [0.3, 0.4) is 0 Å². The number of aryl methyl sites for hydroxylation is 1. The number of carbonyl (C=O) groups is 1. The van der Waals surface area contributed by atoms with Crippen molar-refractivity contribution in [3.8, 4) is 5.75 Å². The molecule has 0 fully saturated rings. The summed E-state index contributed by atoms with van der Waals surface area (Å²) in [5.41, 5.74) is 1.29. The molecule has 1 rings (SSSR count). The van der Waals surface area contributed by atoms with Crippen LogP contribution >= 0.6 is 12.4 Å². The first-order chi connectivity index (χ1) is 11.2. The van der Waals surface area contributed by atoms with E-state index >= 15 is 0 Å². The van der Waals surface area contributed by atoms with Gasteiger partial charge in [-0.25, -0.2) is 0 Å². The molecule has 138 valence electrons. The van der Waals surface area contributed by atoms with Gasteiger partial charge in [0.25, 0.3) is 0 Å². The molecule has 0 aromatic heterocycles. The lowest BCUT2D eigenvalue weighted by Crippen LogP contribution is -2.19. The summed E-state index contributed by atoms with van der Waals surface area (Å²) >= 11 is 0. The fraction of sp³-hybridized carbons (Fsp3) is 0.632. The SMILES string of the molecule is CCCCCCCOc1ccc(CCCNCCC(=O)O)cc1.Cl. The maximum atomic E-state index is 10.4. The van der Waals surface area contributed by atoms with Gasteiger partial charge in [-0.1, -0.05) is 44.7 Å². The highest BCUT2D eigenvalue weighted by Crippen LogP contribution is 2.14. The lowest BCUT2D eigenvalue weighted by molar-refractivity contribution is -0.136. The van der Waals surface area contributed by atoms with E-state index in [0.29, 0.717) is 6.54 Å². The zero-order valence-corrected chi connectivity index (χ0v) is 15.6. The van der Waals surface area contributed by atoms with Crippen LogP contribution in [0.1, 0.15) is 57.4 Å². The van der Waals surface area contributed by atoms with Crippen molar-refractivity contribution in [2.45, 2.75) is 58.3 Å². The summed E-state index contributed by atoms with van der Waals surface area (Å²) in [6, 6.07) is 8.31. The monoisotopic (exact) mass is 357 g/mol. The molecule has 0 aliphatic heterocycles. The minimum Gasteiger partial charge on any atom is -0.494 e. The van der Waals surface area contributed by atoms with Gasteiger partial charge in [-0.05, 0) is 43.5 Å². The van der Waals surface area contributed by atoms with E-state index in [2.05, 4.69) is 24.4 Å². The molecule has 0 aliphatic rings. The molecule has 24 heavy (non-hydrogen) atoms. The molecule has 0 saturated carbocycles. The Bertz CT molecular complexity index is 423. The number of carboxylic acids is 1. The van der Waals surface area contributed by atoms with Crippen molar-refractivity contribution in [3.05, 3.63) is 29.8 Å². The van der Waals surface area contributed by atoms with E-state index < -0.39 is 5.97 Å². The van der Waals surface area contributed by atoms with Gasteiger partial charge < -0.3 is 15.2 Å². The third kappa shape index (κ3) is 12.2. The van der Waals surface area contributed by atoms with Gasteiger partial charge in [0, 0.05) is 6.54 Å². The van der Waals surface area contributed by atoms with Crippen LogP contribution in [0.5, 0.6) is 5.75 Å². The van der Waals surface area contributed by atoms with Crippen molar-refractivity contribution in [3.63, 3.8) is 0 Å². The van der Waals surface area contributed by atoms with Crippen molar-refractivity contribution in [1.29, 1.82) is 0 Å². The van der Waals surface area contributed by atoms with E-state index in [1.54, 1.807) is 0 Å².